The summed E-state index contributed by atoms with van der Waals surface area (Å²) in [5.74, 6) is 2.72. The summed E-state index contributed by atoms with van der Waals surface area (Å²) >= 11 is 0. The Bertz CT molecular complexity index is 306. The van der Waals surface area contributed by atoms with E-state index in [0.29, 0.717) is 11.8 Å². The maximum atomic E-state index is 12.7. The van der Waals surface area contributed by atoms with Crippen LogP contribution in [-0.2, 0) is 4.79 Å². The maximum Gasteiger partial charge on any atom is 0.225 e. The van der Waals surface area contributed by atoms with Crippen LogP contribution in [0.25, 0.3) is 0 Å². The van der Waals surface area contributed by atoms with Crippen LogP contribution in [0.15, 0.2) is 0 Å². The van der Waals surface area contributed by atoms with Crippen LogP contribution in [0.2, 0.25) is 0 Å². The molecule has 0 spiro atoms. The maximum absolute atomic E-state index is 12.7. The molecule has 0 radical (unpaired) electrons. The van der Waals surface area contributed by atoms with E-state index in [1.165, 1.54) is 70.6 Å². The van der Waals surface area contributed by atoms with Gasteiger partial charge in [-0.25, -0.2) is 0 Å². The van der Waals surface area contributed by atoms with Gasteiger partial charge >= 0.3 is 0 Å². The highest BCUT2D eigenvalue weighted by molar-refractivity contribution is 5.79. The van der Waals surface area contributed by atoms with Crippen LogP contribution >= 0.6 is 0 Å². The lowest BCUT2D eigenvalue weighted by Gasteiger charge is -2.40. The topological polar surface area (TPSA) is 20.3 Å². The summed E-state index contributed by atoms with van der Waals surface area (Å²) < 4.78 is 0. The minimum atomic E-state index is 0.373. The van der Waals surface area contributed by atoms with Gasteiger partial charge in [0.15, 0.2) is 0 Å². The average molecular weight is 263 g/mol. The van der Waals surface area contributed by atoms with Crippen LogP contribution in [0, 0.1) is 17.8 Å². The van der Waals surface area contributed by atoms with Crippen LogP contribution in [0.1, 0.15) is 70.6 Å². The lowest BCUT2D eigenvalue weighted by Crippen LogP contribution is -2.40. The van der Waals surface area contributed by atoms with Crippen LogP contribution in [0.5, 0.6) is 0 Å². The SMILES string of the molecule is O=C(C1CCC2CCCCC2C1)N1CCCCCC1. The summed E-state index contributed by atoms with van der Waals surface area (Å²) in [6.45, 7) is 2.06. The predicted molar refractivity (Wildman–Crippen MR) is 77.8 cm³/mol. The molecular weight excluding hydrogens is 234 g/mol. The van der Waals surface area contributed by atoms with E-state index in [0.717, 1.165) is 24.9 Å². The van der Waals surface area contributed by atoms with Crippen molar-refractivity contribution in [1.82, 2.24) is 4.90 Å². The van der Waals surface area contributed by atoms with E-state index in [2.05, 4.69) is 4.90 Å². The lowest BCUT2D eigenvalue weighted by molar-refractivity contribution is -0.137. The fraction of sp³-hybridized carbons (Fsp3) is 0.941. The fourth-order valence-corrected chi connectivity index (χ4v) is 4.65. The molecule has 108 valence electrons. The van der Waals surface area contributed by atoms with Crippen LogP contribution in [0.4, 0.5) is 0 Å². The van der Waals surface area contributed by atoms with Gasteiger partial charge in [-0.15, -0.1) is 0 Å². The van der Waals surface area contributed by atoms with Gasteiger partial charge in [0.05, 0.1) is 0 Å². The minimum Gasteiger partial charge on any atom is -0.342 e. The van der Waals surface area contributed by atoms with Gasteiger partial charge in [-0.2, -0.15) is 0 Å². The van der Waals surface area contributed by atoms with Crippen LogP contribution < -0.4 is 0 Å². The molecule has 0 aromatic rings. The van der Waals surface area contributed by atoms with E-state index in [4.69, 9.17) is 0 Å². The third kappa shape index (κ3) is 3.14. The molecule has 3 rings (SSSR count). The second-order valence-electron chi connectivity index (χ2n) is 7.05. The van der Waals surface area contributed by atoms with E-state index in [-0.39, 0.29) is 0 Å². The van der Waals surface area contributed by atoms with Crippen molar-refractivity contribution < 1.29 is 4.79 Å². The highest BCUT2D eigenvalue weighted by Crippen LogP contribution is 2.43. The summed E-state index contributed by atoms with van der Waals surface area (Å²) in [5, 5.41) is 0. The van der Waals surface area contributed by atoms with Crippen molar-refractivity contribution in [2.75, 3.05) is 13.1 Å². The number of carbonyl (C=O) groups excluding carboxylic acids is 1. The number of nitrogens with zero attached hydrogens (tertiary/aromatic N) is 1. The zero-order valence-electron chi connectivity index (χ0n) is 12.3. The zero-order chi connectivity index (χ0) is 13.1. The molecule has 3 atom stereocenters. The molecule has 0 aromatic heterocycles. The van der Waals surface area contributed by atoms with E-state index in [9.17, 15) is 4.79 Å². The number of rotatable bonds is 1. The normalized spacial score (nSPS) is 36.4. The third-order valence-corrected chi connectivity index (χ3v) is 5.81. The molecule has 0 aromatic carbocycles. The largest absolute Gasteiger partial charge is 0.342 e. The molecule has 2 aliphatic carbocycles. The molecule has 2 nitrogen and oxygen atoms in total. The molecule has 1 amide bonds. The number of hydrogen-bond acceptors (Lipinski definition) is 1. The Labute approximate surface area is 117 Å². The molecule has 2 heteroatoms. The first-order valence-corrected chi connectivity index (χ1v) is 8.63. The lowest BCUT2D eigenvalue weighted by atomic mass is 9.67. The smallest absolute Gasteiger partial charge is 0.225 e. The molecule has 1 saturated heterocycles. The van der Waals surface area contributed by atoms with Crippen molar-refractivity contribution in [3.05, 3.63) is 0 Å². The number of fused-ring (bicyclic) bond motifs is 1. The number of hydrogen-bond donors (Lipinski definition) is 0. The Morgan fingerprint density at radius 2 is 1.42 bits per heavy atom. The monoisotopic (exact) mass is 263 g/mol. The van der Waals surface area contributed by atoms with Gasteiger partial charge in [0.25, 0.3) is 0 Å². The number of carbonyl (C=O) groups is 1. The Balaban J connectivity index is 1.57. The fourth-order valence-electron chi connectivity index (χ4n) is 4.65. The van der Waals surface area contributed by atoms with Gasteiger partial charge < -0.3 is 4.90 Å². The van der Waals surface area contributed by atoms with E-state index in [1.54, 1.807) is 0 Å². The second-order valence-corrected chi connectivity index (χ2v) is 7.05. The van der Waals surface area contributed by atoms with Gasteiger partial charge in [-0.1, -0.05) is 38.5 Å². The summed E-state index contributed by atoms with van der Waals surface area (Å²) in [7, 11) is 0. The van der Waals surface area contributed by atoms with Gasteiger partial charge in [0.2, 0.25) is 5.91 Å². The van der Waals surface area contributed by atoms with Crippen molar-refractivity contribution >= 4 is 5.91 Å². The first-order chi connectivity index (χ1) is 9.34. The Kier molecular flexibility index (Phi) is 4.45. The van der Waals surface area contributed by atoms with Crippen molar-refractivity contribution in [2.24, 2.45) is 17.8 Å². The van der Waals surface area contributed by atoms with Gasteiger partial charge in [-0.05, 0) is 43.9 Å². The molecule has 2 saturated carbocycles. The highest BCUT2D eigenvalue weighted by atomic mass is 16.2. The third-order valence-electron chi connectivity index (χ3n) is 5.81. The van der Waals surface area contributed by atoms with Crippen LogP contribution in [0.3, 0.4) is 0 Å². The molecule has 3 fully saturated rings. The first kappa shape index (κ1) is 13.5. The molecule has 1 aliphatic heterocycles. The van der Waals surface area contributed by atoms with Crippen molar-refractivity contribution in [3.63, 3.8) is 0 Å². The van der Waals surface area contributed by atoms with Crippen LogP contribution in [-0.4, -0.2) is 23.9 Å². The summed E-state index contributed by atoms with van der Waals surface area (Å²) in [4.78, 5) is 14.9. The van der Waals surface area contributed by atoms with E-state index in [1.807, 2.05) is 0 Å². The van der Waals surface area contributed by atoms with Gasteiger partial charge in [-0.3, -0.25) is 4.79 Å². The number of likely N-dealkylation sites (tertiary alicyclic amines) is 1. The number of amides is 1. The molecule has 19 heavy (non-hydrogen) atoms. The quantitative estimate of drug-likeness (QED) is 0.700. The zero-order valence-corrected chi connectivity index (χ0v) is 12.3. The Morgan fingerprint density at radius 3 is 2.16 bits per heavy atom. The molecule has 1 heterocycles. The van der Waals surface area contributed by atoms with Gasteiger partial charge in [0.1, 0.15) is 0 Å². The van der Waals surface area contributed by atoms with E-state index < -0.39 is 0 Å². The predicted octanol–water partition coefficient (Wildman–Crippen LogP) is 4.00. The average Bonchev–Trinajstić information content (AvgIpc) is 2.75. The van der Waals surface area contributed by atoms with Crippen molar-refractivity contribution in [2.45, 2.75) is 70.6 Å². The standard InChI is InChI=1S/C17H29NO/c19-17(18-11-5-1-2-6-12-18)16-10-9-14-7-3-4-8-15(14)13-16/h14-16H,1-13H2. The first-order valence-electron chi connectivity index (χ1n) is 8.63. The minimum absolute atomic E-state index is 0.373. The van der Waals surface area contributed by atoms with Crippen molar-refractivity contribution in [1.29, 1.82) is 0 Å². The second kappa shape index (κ2) is 6.28. The summed E-state index contributed by atoms with van der Waals surface area (Å²) in [6.07, 6.45) is 14.5. The van der Waals surface area contributed by atoms with Gasteiger partial charge in [0, 0.05) is 19.0 Å². The Morgan fingerprint density at radius 1 is 0.737 bits per heavy atom. The summed E-state index contributed by atoms with van der Waals surface area (Å²) in [6, 6.07) is 0. The summed E-state index contributed by atoms with van der Waals surface area (Å²) in [5.41, 5.74) is 0. The molecular formula is C17H29NO. The molecule has 0 N–H and O–H groups in total. The Hall–Kier alpha value is -0.530. The highest BCUT2D eigenvalue weighted by Gasteiger charge is 2.36. The molecule has 3 aliphatic rings. The molecule has 3 unspecified atom stereocenters. The van der Waals surface area contributed by atoms with E-state index >= 15 is 0 Å². The molecule has 0 bridgehead atoms. The van der Waals surface area contributed by atoms with Crippen molar-refractivity contribution in [3.8, 4) is 0 Å².